The highest BCUT2D eigenvalue weighted by Crippen LogP contribution is 2.17. The van der Waals surface area contributed by atoms with Gasteiger partial charge in [0.05, 0.1) is 12.1 Å². The molecule has 0 saturated heterocycles. The molecule has 0 fully saturated rings. The third-order valence-electron chi connectivity index (χ3n) is 2.45. The number of aromatic nitrogens is 1. The van der Waals surface area contributed by atoms with Crippen LogP contribution in [-0.2, 0) is 16.0 Å². The molecule has 1 amide bonds. The van der Waals surface area contributed by atoms with E-state index in [-0.39, 0.29) is 18.4 Å². The monoisotopic (exact) mass is 271 g/mol. The number of carbonyl (C=O) groups is 2. The summed E-state index contributed by atoms with van der Waals surface area (Å²) >= 11 is 1.30. The zero-order chi connectivity index (χ0) is 13.7. The van der Waals surface area contributed by atoms with Gasteiger partial charge in [-0.2, -0.15) is 0 Å². The number of carbonyl (C=O) groups excluding carboxylic acids is 1. The molecule has 0 bridgehead atoms. The SMILES string of the molecule is CCN(C)C(=O)C(C)Nc1nc(CC(=O)O)cs1. The van der Waals surface area contributed by atoms with Crippen molar-refractivity contribution in [2.24, 2.45) is 0 Å². The van der Waals surface area contributed by atoms with E-state index in [2.05, 4.69) is 10.3 Å². The average molecular weight is 271 g/mol. The predicted octanol–water partition coefficient (Wildman–Crippen LogP) is 1.05. The van der Waals surface area contributed by atoms with Crippen LogP contribution in [0.2, 0.25) is 0 Å². The first-order chi connectivity index (χ1) is 8.43. The lowest BCUT2D eigenvalue weighted by Crippen LogP contribution is -2.38. The van der Waals surface area contributed by atoms with E-state index in [0.717, 1.165) is 0 Å². The molecule has 2 N–H and O–H groups in total. The van der Waals surface area contributed by atoms with E-state index in [1.165, 1.54) is 11.3 Å². The van der Waals surface area contributed by atoms with Gasteiger partial charge in [0, 0.05) is 19.0 Å². The van der Waals surface area contributed by atoms with Gasteiger partial charge in [0.2, 0.25) is 5.91 Å². The zero-order valence-corrected chi connectivity index (χ0v) is 11.5. The maximum atomic E-state index is 11.8. The van der Waals surface area contributed by atoms with Gasteiger partial charge in [0.1, 0.15) is 6.04 Å². The molecule has 0 aliphatic rings. The van der Waals surface area contributed by atoms with E-state index >= 15 is 0 Å². The van der Waals surface area contributed by atoms with Crippen LogP contribution in [0.25, 0.3) is 0 Å². The van der Waals surface area contributed by atoms with Gasteiger partial charge < -0.3 is 15.3 Å². The Kier molecular flexibility index (Phi) is 5.08. The van der Waals surface area contributed by atoms with Crippen LogP contribution in [0.15, 0.2) is 5.38 Å². The Bertz CT molecular complexity index is 433. The lowest BCUT2D eigenvalue weighted by molar-refractivity contribution is -0.136. The standard InChI is InChI=1S/C11H17N3O3S/c1-4-14(3)10(17)7(2)12-11-13-8(6-18-11)5-9(15)16/h6-7H,4-5H2,1-3H3,(H,12,13)(H,15,16). The number of likely N-dealkylation sites (N-methyl/N-ethyl adjacent to an activating group) is 1. The van der Waals surface area contributed by atoms with E-state index in [0.29, 0.717) is 17.4 Å². The molecule has 0 aliphatic heterocycles. The molecule has 7 heteroatoms. The molecule has 0 aliphatic carbocycles. The molecule has 0 saturated carbocycles. The summed E-state index contributed by atoms with van der Waals surface area (Å²) in [5, 5.41) is 13.9. The topological polar surface area (TPSA) is 82.5 Å². The number of nitrogens with one attached hydrogen (secondary N) is 1. The van der Waals surface area contributed by atoms with Gasteiger partial charge in [0.25, 0.3) is 0 Å². The molecular weight excluding hydrogens is 254 g/mol. The molecule has 0 aromatic carbocycles. The van der Waals surface area contributed by atoms with Crippen LogP contribution in [0.3, 0.4) is 0 Å². The van der Waals surface area contributed by atoms with Gasteiger partial charge in [-0.1, -0.05) is 0 Å². The molecule has 6 nitrogen and oxygen atoms in total. The van der Waals surface area contributed by atoms with Crippen molar-refractivity contribution in [2.45, 2.75) is 26.3 Å². The van der Waals surface area contributed by atoms with Crippen molar-refractivity contribution in [2.75, 3.05) is 18.9 Å². The molecule has 1 heterocycles. The minimum atomic E-state index is -0.915. The molecule has 0 radical (unpaired) electrons. The minimum absolute atomic E-state index is 0.0208. The first-order valence-electron chi connectivity index (χ1n) is 5.61. The summed E-state index contributed by atoms with van der Waals surface area (Å²) in [6, 6.07) is -0.376. The van der Waals surface area contributed by atoms with Crippen molar-refractivity contribution in [1.82, 2.24) is 9.88 Å². The number of carboxylic acids is 1. The molecule has 1 rings (SSSR count). The third-order valence-corrected chi connectivity index (χ3v) is 3.27. The van der Waals surface area contributed by atoms with Crippen molar-refractivity contribution >= 4 is 28.3 Å². The fraction of sp³-hybridized carbons (Fsp3) is 0.545. The number of carboxylic acid groups (broad SMARTS) is 1. The Morgan fingerprint density at radius 1 is 1.61 bits per heavy atom. The molecule has 1 aromatic heterocycles. The van der Waals surface area contributed by atoms with E-state index in [9.17, 15) is 9.59 Å². The number of aliphatic carboxylic acids is 1. The normalized spacial score (nSPS) is 11.9. The van der Waals surface area contributed by atoms with E-state index in [4.69, 9.17) is 5.11 Å². The Morgan fingerprint density at radius 3 is 2.83 bits per heavy atom. The van der Waals surface area contributed by atoms with E-state index in [1.54, 1.807) is 24.3 Å². The third kappa shape index (κ3) is 3.99. The summed E-state index contributed by atoms with van der Waals surface area (Å²) in [4.78, 5) is 28.1. The summed E-state index contributed by atoms with van der Waals surface area (Å²) in [6.07, 6.45) is -0.102. The molecule has 1 aromatic rings. The Morgan fingerprint density at radius 2 is 2.28 bits per heavy atom. The average Bonchev–Trinajstić information content (AvgIpc) is 2.73. The summed E-state index contributed by atoms with van der Waals surface area (Å²) in [5.74, 6) is -0.936. The molecule has 1 unspecified atom stereocenters. The molecular formula is C11H17N3O3S. The number of hydrogen-bond donors (Lipinski definition) is 2. The lowest BCUT2D eigenvalue weighted by atomic mass is 10.3. The molecule has 0 spiro atoms. The fourth-order valence-corrected chi connectivity index (χ4v) is 2.14. The van der Waals surface area contributed by atoms with Gasteiger partial charge in [-0.25, -0.2) is 4.98 Å². The number of nitrogens with zero attached hydrogens (tertiary/aromatic N) is 2. The maximum absolute atomic E-state index is 11.8. The van der Waals surface area contributed by atoms with Crippen LogP contribution in [-0.4, -0.2) is 46.5 Å². The summed E-state index contributed by atoms with van der Waals surface area (Å²) in [6.45, 7) is 4.30. The van der Waals surface area contributed by atoms with Gasteiger partial charge in [0.15, 0.2) is 5.13 Å². The number of anilines is 1. The lowest BCUT2D eigenvalue weighted by Gasteiger charge is -2.20. The van der Waals surface area contributed by atoms with Crippen molar-refractivity contribution in [3.05, 3.63) is 11.1 Å². The van der Waals surface area contributed by atoms with Crippen molar-refractivity contribution in [1.29, 1.82) is 0 Å². The number of hydrogen-bond acceptors (Lipinski definition) is 5. The summed E-state index contributed by atoms with van der Waals surface area (Å²) in [7, 11) is 1.73. The highest BCUT2D eigenvalue weighted by molar-refractivity contribution is 7.13. The fourth-order valence-electron chi connectivity index (χ4n) is 1.34. The van der Waals surface area contributed by atoms with Crippen molar-refractivity contribution in [3.63, 3.8) is 0 Å². The van der Waals surface area contributed by atoms with Crippen LogP contribution >= 0.6 is 11.3 Å². The number of rotatable bonds is 6. The quantitative estimate of drug-likeness (QED) is 0.808. The van der Waals surface area contributed by atoms with Crippen molar-refractivity contribution < 1.29 is 14.7 Å². The van der Waals surface area contributed by atoms with Crippen LogP contribution in [0.1, 0.15) is 19.5 Å². The maximum Gasteiger partial charge on any atom is 0.309 e. The second-order valence-corrected chi connectivity index (χ2v) is 4.79. The van der Waals surface area contributed by atoms with Crippen molar-refractivity contribution in [3.8, 4) is 0 Å². The number of thiazole rings is 1. The first kappa shape index (κ1) is 14.4. The highest BCUT2D eigenvalue weighted by atomic mass is 32.1. The summed E-state index contributed by atoms with van der Waals surface area (Å²) in [5.41, 5.74) is 0.499. The van der Waals surface area contributed by atoms with Gasteiger partial charge in [-0.15, -0.1) is 11.3 Å². The van der Waals surface area contributed by atoms with E-state index < -0.39 is 5.97 Å². The Labute approximate surface area is 110 Å². The van der Waals surface area contributed by atoms with Crippen LogP contribution in [0.4, 0.5) is 5.13 Å². The first-order valence-corrected chi connectivity index (χ1v) is 6.49. The second kappa shape index (κ2) is 6.34. The number of amides is 1. The molecule has 100 valence electrons. The van der Waals surface area contributed by atoms with Gasteiger partial charge in [-0.05, 0) is 13.8 Å². The van der Waals surface area contributed by atoms with Crippen LogP contribution in [0.5, 0.6) is 0 Å². The van der Waals surface area contributed by atoms with E-state index in [1.807, 2.05) is 6.92 Å². The predicted molar refractivity (Wildman–Crippen MR) is 69.8 cm³/mol. The van der Waals surface area contributed by atoms with Gasteiger partial charge in [-0.3, -0.25) is 9.59 Å². The van der Waals surface area contributed by atoms with Crippen LogP contribution in [0, 0.1) is 0 Å². The Hall–Kier alpha value is -1.63. The molecule has 18 heavy (non-hydrogen) atoms. The van der Waals surface area contributed by atoms with Crippen LogP contribution < -0.4 is 5.32 Å². The second-order valence-electron chi connectivity index (χ2n) is 3.93. The Balaban J connectivity index is 2.59. The minimum Gasteiger partial charge on any atom is -0.481 e. The molecule has 1 atom stereocenters. The smallest absolute Gasteiger partial charge is 0.309 e. The zero-order valence-electron chi connectivity index (χ0n) is 10.6. The highest BCUT2D eigenvalue weighted by Gasteiger charge is 2.17. The summed E-state index contributed by atoms with van der Waals surface area (Å²) < 4.78 is 0. The van der Waals surface area contributed by atoms with Gasteiger partial charge >= 0.3 is 5.97 Å². The largest absolute Gasteiger partial charge is 0.481 e.